The molecule has 0 saturated carbocycles. The molecule has 1 heterocycles. The first-order valence-electron chi connectivity index (χ1n) is 8.75. The second-order valence-electron chi connectivity index (χ2n) is 5.81. The van der Waals surface area contributed by atoms with E-state index in [0.717, 1.165) is 22.8 Å². The Morgan fingerprint density at radius 1 is 1.00 bits per heavy atom. The molecule has 1 aliphatic rings. The second kappa shape index (κ2) is 8.84. The Balaban J connectivity index is 1.96. The molecule has 2 aromatic rings. The molecule has 0 bridgehead atoms. The first kappa shape index (κ1) is 19.8. The maximum atomic E-state index is 13.1. The molecular weight excluding hydrogens is 376 g/mol. The van der Waals surface area contributed by atoms with Gasteiger partial charge in [-0.25, -0.2) is 4.99 Å². The lowest BCUT2D eigenvalue weighted by molar-refractivity contribution is -0.113. The van der Waals surface area contributed by atoms with Gasteiger partial charge >= 0.3 is 0 Å². The molecule has 0 N–H and O–H groups in total. The van der Waals surface area contributed by atoms with Gasteiger partial charge in [-0.05, 0) is 53.8 Å². The Hall–Kier alpha value is -2.93. The first-order chi connectivity index (χ1) is 13.6. The molecule has 0 atom stereocenters. The van der Waals surface area contributed by atoms with Gasteiger partial charge in [-0.2, -0.15) is 0 Å². The lowest BCUT2D eigenvalue weighted by atomic mass is 10.1. The molecule has 0 radical (unpaired) electrons. The van der Waals surface area contributed by atoms with Crippen molar-refractivity contribution in [3.05, 3.63) is 53.7 Å². The number of carbonyl (C=O) groups excluding carboxylic acids is 1. The summed E-state index contributed by atoms with van der Waals surface area (Å²) in [6.45, 7) is 2.03. The van der Waals surface area contributed by atoms with Crippen LogP contribution in [-0.4, -0.2) is 38.2 Å². The average molecular weight is 398 g/mol. The van der Waals surface area contributed by atoms with Gasteiger partial charge in [0, 0.05) is 0 Å². The molecule has 1 aliphatic heterocycles. The van der Waals surface area contributed by atoms with Gasteiger partial charge in [0.2, 0.25) is 0 Å². The molecule has 6 nitrogen and oxygen atoms in total. The number of carbonyl (C=O) groups is 1. The zero-order valence-corrected chi connectivity index (χ0v) is 17.1. The summed E-state index contributed by atoms with van der Waals surface area (Å²) in [5.74, 6) is 2.60. The van der Waals surface area contributed by atoms with Gasteiger partial charge in [0.15, 0.2) is 16.7 Å². The van der Waals surface area contributed by atoms with Crippen LogP contribution in [0, 0.1) is 0 Å². The molecule has 0 spiro atoms. The molecule has 0 unspecified atom stereocenters. The smallest absolute Gasteiger partial charge is 0.283 e. The average Bonchev–Trinajstić information content (AvgIpc) is 3.03. The summed E-state index contributed by atoms with van der Waals surface area (Å²) in [7, 11) is 4.77. The highest BCUT2D eigenvalue weighted by Crippen LogP contribution is 2.32. The van der Waals surface area contributed by atoms with Crippen LogP contribution in [0.1, 0.15) is 12.5 Å². The predicted octanol–water partition coefficient (Wildman–Crippen LogP) is 4.21. The van der Waals surface area contributed by atoms with E-state index in [9.17, 15) is 4.79 Å². The minimum atomic E-state index is -0.170. The molecule has 28 heavy (non-hydrogen) atoms. The van der Waals surface area contributed by atoms with Crippen molar-refractivity contribution in [2.24, 2.45) is 4.99 Å². The van der Waals surface area contributed by atoms with E-state index in [1.807, 2.05) is 43.3 Å². The van der Waals surface area contributed by atoms with Crippen LogP contribution >= 0.6 is 11.8 Å². The zero-order chi connectivity index (χ0) is 20.1. The van der Waals surface area contributed by atoms with Crippen LogP contribution in [0.25, 0.3) is 6.08 Å². The number of rotatable bonds is 6. The molecule has 0 aliphatic carbocycles. The predicted molar refractivity (Wildman–Crippen MR) is 114 cm³/mol. The number of hydrogen-bond acceptors (Lipinski definition) is 6. The molecule has 0 saturated heterocycles. The van der Waals surface area contributed by atoms with Crippen LogP contribution in [0.3, 0.4) is 0 Å². The van der Waals surface area contributed by atoms with Crippen molar-refractivity contribution in [3.8, 4) is 17.2 Å². The monoisotopic (exact) mass is 398 g/mol. The van der Waals surface area contributed by atoms with E-state index in [1.54, 1.807) is 38.4 Å². The lowest BCUT2D eigenvalue weighted by Crippen LogP contribution is -2.30. The van der Waals surface area contributed by atoms with Crippen molar-refractivity contribution in [1.29, 1.82) is 0 Å². The van der Waals surface area contributed by atoms with Crippen LogP contribution in [0.15, 0.2) is 53.2 Å². The van der Waals surface area contributed by atoms with E-state index in [0.29, 0.717) is 22.4 Å². The van der Waals surface area contributed by atoms with Gasteiger partial charge < -0.3 is 14.2 Å². The lowest BCUT2D eigenvalue weighted by Gasteiger charge is -2.17. The highest BCUT2D eigenvalue weighted by atomic mass is 32.2. The van der Waals surface area contributed by atoms with Gasteiger partial charge in [-0.3, -0.25) is 9.69 Å². The number of hydrogen-bond donors (Lipinski definition) is 0. The summed E-state index contributed by atoms with van der Waals surface area (Å²) in [6, 6.07) is 12.8. The van der Waals surface area contributed by atoms with E-state index in [-0.39, 0.29) is 5.91 Å². The van der Waals surface area contributed by atoms with Crippen molar-refractivity contribution in [1.82, 2.24) is 0 Å². The number of aliphatic imine (C=N–C) groups is 1. The normalized spacial score (nSPS) is 15.0. The molecular formula is C21H22N2O4S. The SMILES string of the molecule is CCSC1=NC(=Cc2ccc(OC)c(OC)c2)C(=O)N1c1ccc(OC)cc1. The number of methoxy groups -OCH3 is 3. The molecule has 1 amide bonds. The van der Waals surface area contributed by atoms with Crippen LogP contribution < -0.4 is 19.1 Å². The summed E-state index contributed by atoms with van der Waals surface area (Å²) < 4.78 is 15.8. The van der Waals surface area contributed by atoms with Gasteiger partial charge in [-0.1, -0.05) is 24.8 Å². The van der Waals surface area contributed by atoms with Gasteiger partial charge in [0.1, 0.15) is 11.4 Å². The number of thioether (sulfide) groups is 1. The molecule has 3 rings (SSSR count). The maximum Gasteiger partial charge on any atom is 0.283 e. The third-order valence-electron chi connectivity index (χ3n) is 4.14. The van der Waals surface area contributed by atoms with Gasteiger partial charge in [-0.15, -0.1) is 0 Å². The molecule has 0 fully saturated rings. The van der Waals surface area contributed by atoms with Crippen molar-refractivity contribution in [3.63, 3.8) is 0 Å². The van der Waals surface area contributed by atoms with Crippen LogP contribution in [0.2, 0.25) is 0 Å². The summed E-state index contributed by atoms with van der Waals surface area (Å²) in [5.41, 5.74) is 1.93. The number of ether oxygens (including phenoxy) is 3. The number of benzene rings is 2. The fourth-order valence-corrected chi connectivity index (χ4v) is 3.52. The Labute approximate surface area is 168 Å². The number of amides is 1. The number of amidine groups is 1. The molecule has 0 aromatic heterocycles. The fraction of sp³-hybridized carbons (Fsp3) is 0.238. The van der Waals surface area contributed by atoms with Crippen molar-refractivity contribution in [2.45, 2.75) is 6.92 Å². The third-order valence-corrected chi connectivity index (χ3v) is 4.97. The van der Waals surface area contributed by atoms with Crippen LogP contribution in [0.5, 0.6) is 17.2 Å². The van der Waals surface area contributed by atoms with Crippen LogP contribution in [-0.2, 0) is 4.79 Å². The third kappa shape index (κ3) is 3.99. The topological polar surface area (TPSA) is 60.4 Å². The van der Waals surface area contributed by atoms with E-state index in [2.05, 4.69) is 4.99 Å². The largest absolute Gasteiger partial charge is 0.497 e. The van der Waals surface area contributed by atoms with Gasteiger partial charge in [0.25, 0.3) is 5.91 Å². The van der Waals surface area contributed by atoms with E-state index in [1.165, 1.54) is 11.8 Å². The Morgan fingerprint density at radius 2 is 1.71 bits per heavy atom. The maximum absolute atomic E-state index is 13.1. The number of nitrogens with zero attached hydrogens (tertiary/aromatic N) is 2. The Bertz CT molecular complexity index is 923. The molecule has 7 heteroatoms. The first-order valence-corrected chi connectivity index (χ1v) is 9.73. The quantitative estimate of drug-likeness (QED) is 0.682. The minimum Gasteiger partial charge on any atom is -0.497 e. The summed E-state index contributed by atoms with van der Waals surface area (Å²) in [4.78, 5) is 19.3. The van der Waals surface area contributed by atoms with Crippen molar-refractivity contribution in [2.75, 3.05) is 32.0 Å². The summed E-state index contributed by atoms with van der Waals surface area (Å²) in [5, 5.41) is 0.657. The van der Waals surface area contributed by atoms with Gasteiger partial charge in [0.05, 0.1) is 27.0 Å². The van der Waals surface area contributed by atoms with E-state index < -0.39 is 0 Å². The van der Waals surface area contributed by atoms with Crippen molar-refractivity contribution < 1.29 is 19.0 Å². The molecule has 2 aromatic carbocycles. The Morgan fingerprint density at radius 3 is 2.32 bits per heavy atom. The minimum absolute atomic E-state index is 0.170. The van der Waals surface area contributed by atoms with Crippen LogP contribution in [0.4, 0.5) is 5.69 Å². The summed E-state index contributed by atoms with van der Waals surface area (Å²) in [6.07, 6.45) is 1.75. The highest BCUT2D eigenvalue weighted by Gasteiger charge is 2.31. The fourth-order valence-electron chi connectivity index (χ4n) is 2.78. The van der Waals surface area contributed by atoms with E-state index in [4.69, 9.17) is 14.2 Å². The highest BCUT2D eigenvalue weighted by molar-refractivity contribution is 8.14. The standard InChI is InChI=1S/C21H22N2O4S/c1-5-28-21-22-17(12-14-6-11-18(26-3)19(13-14)27-4)20(24)23(21)15-7-9-16(25-2)10-8-15/h6-13H,5H2,1-4H3. The zero-order valence-electron chi connectivity index (χ0n) is 16.3. The molecule has 146 valence electrons. The Kier molecular flexibility index (Phi) is 6.26. The van der Waals surface area contributed by atoms with Crippen molar-refractivity contribution >= 4 is 34.6 Å². The summed E-state index contributed by atoms with van der Waals surface area (Å²) >= 11 is 1.52. The number of anilines is 1. The second-order valence-corrected chi connectivity index (χ2v) is 7.04. The van der Waals surface area contributed by atoms with E-state index >= 15 is 0 Å².